The van der Waals surface area contributed by atoms with E-state index in [2.05, 4.69) is 15.5 Å². The number of carbonyl (C=O) groups is 4. The number of carbonyl (C=O) groups excluding carboxylic acids is 4. The van der Waals surface area contributed by atoms with Gasteiger partial charge in [0.25, 0.3) is 23.6 Å². The Hall–Kier alpha value is -3.83. The average molecular weight is 565 g/mol. The third kappa shape index (κ3) is 5.71. The van der Waals surface area contributed by atoms with Crippen molar-refractivity contribution < 1.29 is 19.2 Å². The minimum atomic E-state index is -0.495. The fourth-order valence-electron chi connectivity index (χ4n) is 5.05. The molecular formula is C29H33ClN6O4. The van der Waals surface area contributed by atoms with Gasteiger partial charge in [0.15, 0.2) is 0 Å². The number of nitrogens with zero attached hydrogens (tertiary/aromatic N) is 3. The van der Waals surface area contributed by atoms with Gasteiger partial charge in [0, 0.05) is 80.0 Å². The molecular weight excluding hydrogens is 532 g/mol. The Morgan fingerprint density at radius 1 is 0.850 bits per heavy atom. The zero-order chi connectivity index (χ0) is 27.5. The number of anilines is 1. The molecule has 0 bridgehead atoms. The van der Waals surface area contributed by atoms with Gasteiger partial charge in [0.2, 0.25) is 0 Å². The zero-order valence-corrected chi connectivity index (χ0v) is 23.1. The van der Waals surface area contributed by atoms with E-state index < -0.39 is 17.7 Å². The third-order valence-corrected chi connectivity index (χ3v) is 7.16. The van der Waals surface area contributed by atoms with Gasteiger partial charge in [-0.2, -0.15) is 0 Å². The first-order valence-electron chi connectivity index (χ1n) is 13.1. The highest BCUT2D eigenvalue weighted by Gasteiger charge is 2.35. The van der Waals surface area contributed by atoms with Crippen LogP contribution in [0, 0.1) is 0 Å². The molecule has 2 aliphatic rings. The molecule has 40 heavy (non-hydrogen) atoms. The first-order chi connectivity index (χ1) is 18.9. The van der Waals surface area contributed by atoms with Crippen LogP contribution in [0.1, 0.15) is 41.4 Å². The quantitative estimate of drug-likeness (QED) is 0.281. The van der Waals surface area contributed by atoms with Crippen molar-refractivity contribution in [2.24, 2.45) is 5.73 Å². The average Bonchev–Trinajstić information content (AvgIpc) is 2.95. The number of halogens is 1. The number of hydrogen-bond donors (Lipinski definition) is 3. The SMILES string of the molecule is CN1CCN(C(=O)c2cc(C(=O)NCCNCCN)cc(N3C(=O)c4cccc5cccc(c45)C3=O)c2)CC1.Cl. The van der Waals surface area contributed by atoms with Gasteiger partial charge >= 0.3 is 0 Å². The molecule has 0 aromatic heterocycles. The van der Waals surface area contributed by atoms with Gasteiger partial charge < -0.3 is 26.2 Å². The molecule has 3 aromatic rings. The second-order valence-corrected chi connectivity index (χ2v) is 9.81. The van der Waals surface area contributed by atoms with Gasteiger partial charge in [-0.25, -0.2) is 4.90 Å². The Morgan fingerprint density at radius 3 is 2.10 bits per heavy atom. The molecule has 1 fully saturated rings. The summed E-state index contributed by atoms with van der Waals surface area (Å²) in [4.78, 5) is 58.9. The molecule has 0 saturated carbocycles. The molecule has 0 aliphatic carbocycles. The minimum absolute atomic E-state index is 0. The van der Waals surface area contributed by atoms with Gasteiger partial charge in [0.05, 0.1) is 5.69 Å². The van der Waals surface area contributed by atoms with E-state index in [4.69, 9.17) is 5.73 Å². The van der Waals surface area contributed by atoms with Gasteiger partial charge in [-0.15, -0.1) is 12.4 Å². The highest BCUT2D eigenvalue weighted by Crippen LogP contribution is 2.33. The van der Waals surface area contributed by atoms with Crippen molar-refractivity contribution in [1.29, 1.82) is 0 Å². The first kappa shape index (κ1) is 29.2. The van der Waals surface area contributed by atoms with E-state index in [1.165, 1.54) is 18.2 Å². The fourth-order valence-corrected chi connectivity index (χ4v) is 5.05. The smallest absolute Gasteiger partial charge is 0.265 e. The number of nitrogens with two attached hydrogens (primary N) is 1. The predicted molar refractivity (Wildman–Crippen MR) is 156 cm³/mol. The van der Waals surface area contributed by atoms with Gasteiger partial charge in [-0.1, -0.05) is 24.3 Å². The summed E-state index contributed by atoms with van der Waals surface area (Å²) in [5, 5.41) is 7.35. The summed E-state index contributed by atoms with van der Waals surface area (Å²) in [6.07, 6.45) is 0. The van der Waals surface area contributed by atoms with E-state index in [0.717, 1.165) is 23.4 Å². The maximum absolute atomic E-state index is 13.7. The lowest BCUT2D eigenvalue weighted by Gasteiger charge is -2.33. The molecule has 4 amide bonds. The standard InChI is InChI=1S/C29H32N6O4.ClH/c1-33-12-14-34(15-13-33)27(37)21-16-20(26(36)32-11-10-31-9-8-30)17-22(18-21)35-28(38)23-6-2-4-19-5-3-7-24(25(19)23)29(35)39;/h2-7,16-18,31H,8-15,30H2,1H3,(H,32,36);1H. The first-order valence-corrected chi connectivity index (χ1v) is 13.1. The number of amides is 4. The Morgan fingerprint density at radius 2 is 1.48 bits per heavy atom. The van der Waals surface area contributed by atoms with E-state index in [0.29, 0.717) is 55.8 Å². The summed E-state index contributed by atoms with van der Waals surface area (Å²) in [5.41, 5.74) is 6.92. The zero-order valence-electron chi connectivity index (χ0n) is 22.3. The van der Waals surface area contributed by atoms with Crippen molar-refractivity contribution in [1.82, 2.24) is 20.4 Å². The minimum Gasteiger partial charge on any atom is -0.351 e. The molecule has 11 heteroatoms. The van der Waals surface area contributed by atoms with E-state index in [1.54, 1.807) is 29.2 Å². The Labute approximate surface area is 238 Å². The lowest BCUT2D eigenvalue weighted by Crippen LogP contribution is -2.47. The van der Waals surface area contributed by atoms with Crippen LogP contribution in [0.4, 0.5) is 5.69 Å². The van der Waals surface area contributed by atoms with Crippen LogP contribution >= 0.6 is 12.4 Å². The Balaban J connectivity index is 0.00000370. The second-order valence-electron chi connectivity index (χ2n) is 9.81. The highest BCUT2D eigenvalue weighted by atomic mass is 35.5. The number of hydrogen-bond acceptors (Lipinski definition) is 7. The van der Waals surface area contributed by atoms with E-state index in [-0.39, 0.29) is 35.1 Å². The number of likely N-dealkylation sites (N-methyl/N-ethyl adjacent to an activating group) is 1. The molecule has 2 aliphatic heterocycles. The van der Waals surface area contributed by atoms with Crippen LogP contribution in [-0.4, -0.2) is 92.8 Å². The maximum atomic E-state index is 13.7. The van der Waals surface area contributed by atoms with Crippen molar-refractivity contribution in [3.8, 4) is 0 Å². The van der Waals surface area contributed by atoms with Gasteiger partial charge in [0.1, 0.15) is 0 Å². The molecule has 0 spiro atoms. The van der Waals surface area contributed by atoms with Crippen molar-refractivity contribution >= 4 is 52.5 Å². The lowest BCUT2D eigenvalue weighted by atomic mass is 9.93. The van der Waals surface area contributed by atoms with Crippen molar-refractivity contribution in [2.75, 3.05) is 64.3 Å². The molecule has 0 atom stereocenters. The van der Waals surface area contributed by atoms with Crippen LogP contribution in [-0.2, 0) is 0 Å². The number of benzene rings is 3. The summed E-state index contributed by atoms with van der Waals surface area (Å²) < 4.78 is 0. The van der Waals surface area contributed by atoms with Gasteiger partial charge in [-0.3, -0.25) is 19.2 Å². The Kier molecular flexibility index (Phi) is 9.16. The summed E-state index contributed by atoms with van der Waals surface area (Å²) in [5.74, 6) is -1.64. The van der Waals surface area contributed by atoms with Crippen LogP contribution in [0.15, 0.2) is 54.6 Å². The molecule has 0 unspecified atom stereocenters. The third-order valence-electron chi connectivity index (χ3n) is 7.16. The van der Waals surface area contributed by atoms with E-state index in [9.17, 15) is 19.2 Å². The van der Waals surface area contributed by atoms with Crippen LogP contribution in [0.25, 0.3) is 10.8 Å². The second kappa shape index (κ2) is 12.6. The summed E-state index contributed by atoms with van der Waals surface area (Å²) in [7, 11) is 2.00. The van der Waals surface area contributed by atoms with E-state index >= 15 is 0 Å². The topological polar surface area (TPSA) is 128 Å². The molecule has 210 valence electrons. The highest BCUT2D eigenvalue weighted by molar-refractivity contribution is 6.36. The molecule has 4 N–H and O–H groups in total. The maximum Gasteiger partial charge on any atom is 0.265 e. The molecule has 3 aromatic carbocycles. The largest absolute Gasteiger partial charge is 0.351 e. The van der Waals surface area contributed by atoms with Crippen LogP contribution < -0.4 is 21.3 Å². The summed E-state index contributed by atoms with van der Waals surface area (Å²) >= 11 is 0. The molecule has 10 nitrogen and oxygen atoms in total. The van der Waals surface area contributed by atoms with Crippen molar-refractivity contribution in [3.05, 3.63) is 76.9 Å². The number of piperazine rings is 1. The fraction of sp³-hybridized carbons (Fsp3) is 0.310. The molecule has 0 radical (unpaired) electrons. The van der Waals surface area contributed by atoms with Crippen LogP contribution in [0.2, 0.25) is 0 Å². The number of rotatable bonds is 8. The van der Waals surface area contributed by atoms with E-state index in [1.807, 2.05) is 19.2 Å². The lowest BCUT2D eigenvalue weighted by molar-refractivity contribution is 0.0663. The number of nitrogens with one attached hydrogen (secondary N) is 2. The monoisotopic (exact) mass is 564 g/mol. The number of imide groups is 1. The normalized spacial score (nSPS) is 15.2. The Bertz CT molecular complexity index is 1400. The van der Waals surface area contributed by atoms with Crippen LogP contribution in [0.3, 0.4) is 0 Å². The molecule has 1 saturated heterocycles. The molecule has 5 rings (SSSR count). The predicted octanol–water partition coefficient (Wildman–Crippen LogP) is 1.73. The summed E-state index contributed by atoms with van der Waals surface area (Å²) in [6, 6.07) is 15.2. The van der Waals surface area contributed by atoms with Gasteiger partial charge in [-0.05, 0) is 42.8 Å². The van der Waals surface area contributed by atoms with Crippen molar-refractivity contribution in [2.45, 2.75) is 0 Å². The van der Waals surface area contributed by atoms with Crippen molar-refractivity contribution in [3.63, 3.8) is 0 Å². The van der Waals surface area contributed by atoms with Crippen LogP contribution in [0.5, 0.6) is 0 Å². The molecule has 2 heterocycles. The summed E-state index contributed by atoms with van der Waals surface area (Å²) in [6.45, 7) is 4.55.